The van der Waals surface area contributed by atoms with Gasteiger partial charge in [-0.3, -0.25) is 4.98 Å². The summed E-state index contributed by atoms with van der Waals surface area (Å²) in [5.74, 6) is -0.00714. The Morgan fingerprint density at radius 2 is 1.82 bits per heavy atom. The van der Waals surface area contributed by atoms with Crippen LogP contribution in [0.25, 0.3) is 11.3 Å². The van der Waals surface area contributed by atoms with Crippen molar-refractivity contribution in [3.8, 4) is 11.3 Å². The second kappa shape index (κ2) is 4.58. The number of hydrogen-bond donors (Lipinski definition) is 0. The van der Waals surface area contributed by atoms with E-state index >= 15 is 0 Å². The molecule has 2 rings (SSSR count). The molecule has 0 atom stereocenters. The van der Waals surface area contributed by atoms with Gasteiger partial charge >= 0.3 is 0 Å². The molecule has 0 aliphatic heterocycles. The van der Waals surface area contributed by atoms with Crippen LogP contribution in [0.5, 0.6) is 0 Å². The molecule has 0 bridgehead atoms. The Bertz CT molecular complexity index is 612. The summed E-state index contributed by atoms with van der Waals surface area (Å²) in [4.78, 5) is 11.7. The topological polar surface area (TPSA) is 72.8 Å². The van der Waals surface area contributed by atoms with E-state index in [9.17, 15) is 8.42 Å². The van der Waals surface area contributed by atoms with Gasteiger partial charge in [0, 0.05) is 24.2 Å². The van der Waals surface area contributed by atoms with Crippen molar-refractivity contribution in [2.75, 3.05) is 5.75 Å². The molecule has 0 saturated heterocycles. The number of nitrogens with zero attached hydrogens (tertiary/aromatic N) is 3. The van der Waals surface area contributed by atoms with E-state index < -0.39 is 9.84 Å². The first-order chi connectivity index (χ1) is 8.13. The molecule has 0 unspecified atom stereocenters. The van der Waals surface area contributed by atoms with Gasteiger partial charge in [-0.05, 0) is 18.2 Å². The zero-order valence-corrected chi connectivity index (χ0v) is 10.1. The van der Waals surface area contributed by atoms with Gasteiger partial charge in [-0.1, -0.05) is 6.92 Å². The van der Waals surface area contributed by atoms with Crippen molar-refractivity contribution in [3.05, 3.63) is 36.8 Å². The first-order valence-electron chi connectivity index (χ1n) is 5.09. The highest BCUT2D eigenvalue weighted by Crippen LogP contribution is 2.16. The van der Waals surface area contributed by atoms with Gasteiger partial charge in [-0.25, -0.2) is 18.4 Å². The highest BCUT2D eigenvalue weighted by Gasteiger charge is 2.15. The smallest absolute Gasteiger partial charge is 0.247 e. The normalized spacial score (nSPS) is 11.4. The molecule has 0 N–H and O–H groups in total. The van der Waals surface area contributed by atoms with Crippen molar-refractivity contribution in [3.63, 3.8) is 0 Å². The fourth-order valence-corrected chi connectivity index (χ4v) is 2.02. The first kappa shape index (κ1) is 11.7. The van der Waals surface area contributed by atoms with Gasteiger partial charge in [-0.2, -0.15) is 0 Å². The van der Waals surface area contributed by atoms with Gasteiger partial charge in [-0.15, -0.1) is 0 Å². The Labute approximate surface area is 99.5 Å². The number of aromatic nitrogens is 3. The summed E-state index contributed by atoms with van der Waals surface area (Å²) in [6.45, 7) is 1.57. The van der Waals surface area contributed by atoms with E-state index in [0.717, 1.165) is 5.56 Å². The van der Waals surface area contributed by atoms with Crippen LogP contribution in [0.2, 0.25) is 0 Å². The lowest BCUT2D eigenvalue weighted by Gasteiger charge is -2.03. The summed E-state index contributed by atoms with van der Waals surface area (Å²) in [7, 11) is -3.37. The lowest BCUT2D eigenvalue weighted by atomic mass is 10.2. The Kier molecular flexibility index (Phi) is 3.14. The van der Waals surface area contributed by atoms with E-state index in [1.54, 1.807) is 37.5 Å². The Balaban J connectivity index is 2.50. The summed E-state index contributed by atoms with van der Waals surface area (Å²) in [5, 5.41) is -0.130. The molecular weight excluding hydrogens is 238 g/mol. The molecule has 17 heavy (non-hydrogen) atoms. The average Bonchev–Trinajstić information content (AvgIpc) is 2.40. The maximum atomic E-state index is 11.6. The molecule has 2 heterocycles. The van der Waals surface area contributed by atoms with Gasteiger partial charge in [0.05, 0.1) is 11.4 Å². The molecule has 0 spiro atoms. The molecule has 6 heteroatoms. The third kappa shape index (κ3) is 2.47. The minimum absolute atomic E-state index is 0.00714. The zero-order valence-electron chi connectivity index (χ0n) is 9.24. The van der Waals surface area contributed by atoms with Crippen LogP contribution >= 0.6 is 0 Å². The minimum Gasteiger partial charge on any atom is -0.265 e. The molecule has 0 amide bonds. The third-order valence-corrected chi connectivity index (χ3v) is 3.78. The van der Waals surface area contributed by atoms with Crippen LogP contribution in [0.3, 0.4) is 0 Å². The molecule has 0 aliphatic rings. The van der Waals surface area contributed by atoms with Gasteiger partial charge < -0.3 is 0 Å². The van der Waals surface area contributed by atoms with Crippen molar-refractivity contribution in [1.82, 2.24) is 15.0 Å². The summed E-state index contributed by atoms with van der Waals surface area (Å²) < 4.78 is 23.3. The highest BCUT2D eigenvalue weighted by atomic mass is 32.2. The molecule has 0 saturated carbocycles. The van der Waals surface area contributed by atoms with Crippen LogP contribution in [0.15, 0.2) is 41.9 Å². The fraction of sp³-hybridized carbons (Fsp3) is 0.182. The Hall–Kier alpha value is -1.82. The van der Waals surface area contributed by atoms with Crippen molar-refractivity contribution in [2.24, 2.45) is 0 Å². The standard InChI is InChI=1S/C11H11N3O2S/c1-2-17(15,16)11-13-8-5-10(14-11)9-3-6-12-7-4-9/h3-8H,2H2,1H3. The molecule has 5 nitrogen and oxygen atoms in total. The number of sulfone groups is 1. The first-order valence-corrected chi connectivity index (χ1v) is 6.75. The third-order valence-electron chi connectivity index (χ3n) is 2.27. The van der Waals surface area contributed by atoms with E-state index in [2.05, 4.69) is 15.0 Å². The summed E-state index contributed by atoms with van der Waals surface area (Å²) in [5.41, 5.74) is 1.39. The van der Waals surface area contributed by atoms with Crippen molar-refractivity contribution < 1.29 is 8.42 Å². The molecule has 0 fully saturated rings. The molecule has 0 radical (unpaired) electrons. The second-order valence-corrected chi connectivity index (χ2v) is 5.54. The van der Waals surface area contributed by atoms with Crippen molar-refractivity contribution in [1.29, 1.82) is 0 Å². The predicted octanol–water partition coefficient (Wildman–Crippen LogP) is 1.33. The molecule has 2 aromatic heterocycles. The van der Waals surface area contributed by atoms with Crippen LogP contribution in [0, 0.1) is 0 Å². The second-order valence-electron chi connectivity index (χ2n) is 3.36. The Morgan fingerprint density at radius 1 is 1.12 bits per heavy atom. The summed E-state index contributed by atoms with van der Waals surface area (Å²) >= 11 is 0. The van der Waals surface area contributed by atoms with Gasteiger partial charge in [0.15, 0.2) is 0 Å². The zero-order chi connectivity index (χ0) is 12.3. The van der Waals surface area contributed by atoms with Crippen molar-refractivity contribution >= 4 is 9.84 Å². The molecule has 0 aromatic carbocycles. The number of hydrogen-bond acceptors (Lipinski definition) is 5. The van der Waals surface area contributed by atoms with E-state index in [1.807, 2.05) is 0 Å². The number of rotatable bonds is 3. The van der Waals surface area contributed by atoms with Crippen LogP contribution in [-0.4, -0.2) is 29.1 Å². The average molecular weight is 249 g/mol. The van der Waals surface area contributed by atoms with Gasteiger partial charge in [0.2, 0.25) is 15.0 Å². The van der Waals surface area contributed by atoms with Crippen LogP contribution < -0.4 is 0 Å². The molecule has 0 aliphatic carbocycles. The minimum atomic E-state index is -3.37. The van der Waals surface area contributed by atoms with Crippen molar-refractivity contribution in [2.45, 2.75) is 12.1 Å². The highest BCUT2D eigenvalue weighted by molar-refractivity contribution is 7.91. The number of pyridine rings is 1. The predicted molar refractivity (Wildman–Crippen MR) is 63.0 cm³/mol. The van der Waals surface area contributed by atoms with Crippen LogP contribution in [0.1, 0.15) is 6.92 Å². The van der Waals surface area contributed by atoms with E-state index in [4.69, 9.17) is 0 Å². The molecule has 2 aromatic rings. The lowest BCUT2D eigenvalue weighted by Crippen LogP contribution is -2.08. The maximum absolute atomic E-state index is 11.6. The Morgan fingerprint density at radius 3 is 2.47 bits per heavy atom. The van der Waals surface area contributed by atoms with E-state index in [1.165, 1.54) is 6.20 Å². The monoisotopic (exact) mass is 249 g/mol. The van der Waals surface area contributed by atoms with E-state index in [0.29, 0.717) is 5.69 Å². The molecular formula is C11H11N3O2S. The summed E-state index contributed by atoms with van der Waals surface area (Å²) in [6, 6.07) is 5.21. The van der Waals surface area contributed by atoms with Crippen LogP contribution in [-0.2, 0) is 9.84 Å². The fourth-order valence-electron chi connectivity index (χ4n) is 1.30. The SMILES string of the molecule is CCS(=O)(=O)c1nccc(-c2ccncc2)n1. The maximum Gasteiger partial charge on any atom is 0.247 e. The van der Waals surface area contributed by atoms with Gasteiger partial charge in [0.1, 0.15) is 0 Å². The summed E-state index contributed by atoms with van der Waals surface area (Å²) in [6.07, 6.45) is 4.71. The largest absolute Gasteiger partial charge is 0.265 e. The van der Waals surface area contributed by atoms with E-state index in [-0.39, 0.29) is 10.9 Å². The molecule has 88 valence electrons. The lowest BCUT2D eigenvalue weighted by molar-refractivity contribution is 0.588. The van der Waals surface area contributed by atoms with Crippen LogP contribution in [0.4, 0.5) is 0 Å². The van der Waals surface area contributed by atoms with Gasteiger partial charge in [0.25, 0.3) is 0 Å². The quantitative estimate of drug-likeness (QED) is 0.767.